The molecule has 2 aromatic rings. The second-order valence-corrected chi connectivity index (χ2v) is 9.13. The summed E-state index contributed by atoms with van der Waals surface area (Å²) in [7, 11) is 3.16. The first-order valence-corrected chi connectivity index (χ1v) is 10.1. The minimum Gasteiger partial charge on any atom is -0.493 e. The lowest BCUT2D eigenvalue weighted by atomic mass is 9.79. The van der Waals surface area contributed by atoms with Gasteiger partial charge in [-0.15, -0.1) is 0 Å². The van der Waals surface area contributed by atoms with Crippen molar-refractivity contribution in [1.29, 1.82) is 0 Å². The molecule has 1 aliphatic carbocycles. The molecule has 0 fully saturated rings. The molecule has 0 bridgehead atoms. The molecule has 1 aliphatic heterocycles. The number of methoxy groups -OCH3 is 2. The predicted octanol–water partition coefficient (Wildman–Crippen LogP) is 4.68. The van der Waals surface area contributed by atoms with Crippen molar-refractivity contribution in [2.45, 2.75) is 44.6 Å². The van der Waals surface area contributed by atoms with Gasteiger partial charge in [-0.25, -0.2) is 9.69 Å². The van der Waals surface area contributed by atoms with Gasteiger partial charge in [-0.1, -0.05) is 17.7 Å². The van der Waals surface area contributed by atoms with Crippen LogP contribution in [-0.2, 0) is 27.8 Å². The van der Waals surface area contributed by atoms with E-state index >= 15 is 0 Å². The zero-order valence-electron chi connectivity index (χ0n) is 17.7. The second kappa shape index (κ2) is 6.91. The van der Waals surface area contributed by atoms with Crippen LogP contribution in [0.5, 0.6) is 11.5 Å². The number of imide groups is 1. The third-order valence-electron chi connectivity index (χ3n) is 5.60. The van der Waals surface area contributed by atoms with E-state index in [1.54, 1.807) is 47.1 Å². The fourth-order valence-electron chi connectivity index (χ4n) is 4.37. The number of amides is 2. The van der Waals surface area contributed by atoms with Crippen molar-refractivity contribution < 1.29 is 23.8 Å². The van der Waals surface area contributed by atoms with Gasteiger partial charge in [0.05, 0.1) is 25.3 Å². The molecule has 1 heterocycles. The first-order valence-electron chi connectivity index (χ1n) is 9.71. The second-order valence-electron chi connectivity index (χ2n) is 8.69. The molecule has 0 saturated heterocycles. The Labute approximate surface area is 180 Å². The van der Waals surface area contributed by atoms with Crippen molar-refractivity contribution in [1.82, 2.24) is 0 Å². The van der Waals surface area contributed by atoms with E-state index in [4.69, 9.17) is 25.8 Å². The van der Waals surface area contributed by atoms with Crippen LogP contribution in [0.1, 0.15) is 37.5 Å². The third kappa shape index (κ3) is 3.10. The molecule has 0 radical (unpaired) electrons. The summed E-state index contributed by atoms with van der Waals surface area (Å²) in [6.07, 6.45) is 0.212. The Morgan fingerprint density at radius 1 is 1.03 bits per heavy atom. The molecule has 0 N–H and O–H groups in total. The number of hydrogen-bond acceptors (Lipinski definition) is 5. The zero-order valence-corrected chi connectivity index (χ0v) is 18.4. The maximum absolute atomic E-state index is 13.7. The Balaban J connectivity index is 1.82. The topological polar surface area (TPSA) is 65.1 Å². The van der Waals surface area contributed by atoms with E-state index in [9.17, 15) is 9.59 Å². The van der Waals surface area contributed by atoms with E-state index in [0.717, 1.165) is 21.6 Å². The lowest BCUT2D eigenvalue weighted by molar-refractivity contribution is -0.122. The average molecular weight is 430 g/mol. The number of fused-ring (bicyclic) bond motifs is 3. The lowest BCUT2D eigenvalue weighted by Gasteiger charge is -2.25. The fourth-order valence-corrected chi connectivity index (χ4v) is 4.53. The Bertz CT molecular complexity index is 1020. The van der Waals surface area contributed by atoms with E-state index < -0.39 is 17.1 Å². The summed E-state index contributed by atoms with van der Waals surface area (Å²) in [5.41, 5.74) is 1.62. The molecule has 0 aromatic heterocycles. The normalized spacial score (nSPS) is 16.5. The van der Waals surface area contributed by atoms with Crippen LogP contribution in [0.25, 0.3) is 0 Å². The minimum absolute atomic E-state index is 0.303. The van der Waals surface area contributed by atoms with Gasteiger partial charge in [0.15, 0.2) is 11.5 Å². The Hall–Kier alpha value is -2.73. The smallest absolute Gasteiger partial charge is 0.421 e. The van der Waals surface area contributed by atoms with Crippen LogP contribution in [0.2, 0.25) is 5.02 Å². The largest absolute Gasteiger partial charge is 0.493 e. The van der Waals surface area contributed by atoms with Crippen LogP contribution in [0.4, 0.5) is 10.5 Å². The van der Waals surface area contributed by atoms with Gasteiger partial charge in [0, 0.05) is 5.02 Å². The SMILES string of the molecule is COc1cc2c(cc1OC)CC1(C2)C(=O)N(C(=O)OC(C)(C)C)c2cc(Cl)ccc21. The summed E-state index contributed by atoms with van der Waals surface area (Å²) in [4.78, 5) is 27.8. The number of rotatable bonds is 2. The molecule has 6 nitrogen and oxygen atoms in total. The van der Waals surface area contributed by atoms with Gasteiger partial charge in [0.1, 0.15) is 5.60 Å². The first-order chi connectivity index (χ1) is 14.1. The standard InChI is InChI=1S/C23H24ClNO5/c1-22(2,3)30-21(27)25-17-10-15(24)6-7-16(17)23(20(25)26)11-13-8-18(28-4)19(29-5)9-14(13)12-23/h6-10H,11-12H2,1-5H3. The molecule has 0 atom stereocenters. The Morgan fingerprint density at radius 3 is 2.10 bits per heavy atom. The van der Waals surface area contributed by atoms with Gasteiger partial charge in [0.2, 0.25) is 5.91 Å². The lowest BCUT2D eigenvalue weighted by Crippen LogP contribution is -2.45. The molecular formula is C23H24ClNO5. The summed E-state index contributed by atoms with van der Waals surface area (Å²) in [6, 6.07) is 9.04. The summed E-state index contributed by atoms with van der Waals surface area (Å²) in [5.74, 6) is 0.918. The van der Waals surface area contributed by atoms with Gasteiger partial charge in [0.25, 0.3) is 0 Å². The van der Waals surface area contributed by atoms with Crippen molar-refractivity contribution in [3.05, 3.63) is 52.0 Å². The highest BCUT2D eigenvalue weighted by atomic mass is 35.5. The molecule has 2 aromatic carbocycles. The summed E-state index contributed by atoms with van der Waals surface area (Å²) in [6.45, 7) is 5.30. The molecule has 2 aliphatic rings. The number of benzene rings is 2. The van der Waals surface area contributed by atoms with Crippen LogP contribution in [-0.4, -0.2) is 31.8 Å². The Kier molecular flexibility index (Phi) is 4.73. The highest BCUT2D eigenvalue weighted by Crippen LogP contribution is 2.52. The highest BCUT2D eigenvalue weighted by molar-refractivity contribution is 6.31. The van der Waals surface area contributed by atoms with Crippen molar-refractivity contribution in [3.8, 4) is 11.5 Å². The molecule has 158 valence electrons. The number of carbonyl (C=O) groups excluding carboxylic acids is 2. The number of halogens is 1. The first kappa shape index (κ1) is 20.5. The van der Waals surface area contributed by atoms with Gasteiger partial charge in [-0.05, 0) is 74.6 Å². The summed E-state index contributed by atoms with van der Waals surface area (Å²) >= 11 is 6.21. The number of ether oxygens (including phenoxy) is 3. The maximum atomic E-state index is 13.7. The predicted molar refractivity (Wildman–Crippen MR) is 114 cm³/mol. The number of carbonyl (C=O) groups is 2. The van der Waals surface area contributed by atoms with Crippen LogP contribution in [0.3, 0.4) is 0 Å². The minimum atomic E-state index is -0.892. The van der Waals surface area contributed by atoms with Crippen molar-refractivity contribution in [2.75, 3.05) is 19.1 Å². The van der Waals surface area contributed by atoms with E-state index in [2.05, 4.69) is 0 Å². The van der Waals surface area contributed by atoms with Crippen molar-refractivity contribution >= 4 is 29.3 Å². The monoisotopic (exact) mass is 429 g/mol. The van der Waals surface area contributed by atoms with E-state index in [0.29, 0.717) is 35.1 Å². The quantitative estimate of drug-likeness (QED) is 0.693. The van der Waals surface area contributed by atoms with Crippen LogP contribution in [0.15, 0.2) is 30.3 Å². The number of anilines is 1. The summed E-state index contributed by atoms with van der Waals surface area (Å²) in [5, 5.41) is 0.450. The van der Waals surface area contributed by atoms with E-state index in [1.165, 1.54) is 0 Å². The maximum Gasteiger partial charge on any atom is 0.421 e. The van der Waals surface area contributed by atoms with Crippen LogP contribution >= 0.6 is 11.6 Å². The molecule has 2 amide bonds. The highest BCUT2D eigenvalue weighted by Gasteiger charge is 2.56. The number of hydrogen-bond donors (Lipinski definition) is 0. The van der Waals surface area contributed by atoms with E-state index in [-0.39, 0.29) is 5.91 Å². The Morgan fingerprint density at radius 2 is 1.60 bits per heavy atom. The fraction of sp³-hybridized carbons (Fsp3) is 0.391. The zero-order chi connectivity index (χ0) is 21.8. The van der Waals surface area contributed by atoms with Crippen molar-refractivity contribution in [2.24, 2.45) is 0 Å². The molecule has 4 rings (SSSR count). The number of nitrogens with zero attached hydrogens (tertiary/aromatic N) is 1. The van der Waals surface area contributed by atoms with E-state index in [1.807, 2.05) is 18.2 Å². The average Bonchev–Trinajstić information content (AvgIpc) is 3.14. The third-order valence-corrected chi connectivity index (χ3v) is 5.83. The molecule has 0 unspecified atom stereocenters. The van der Waals surface area contributed by atoms with Gasteiger partial charge < -0.3 is 14.2 Å². The van der Waals surface area contributed by atoms with Gasteiger partial charge in [-0.2, -0.15) is 0 Å². The molecule has 0 saturated carbocycles. The van der Waals surface area contributed by atoms with Crippen LogP contribution in [0, 0.1) is 0 Å². The molecular weight excluding hydrogens is 406 g/mol. The molecule has 7 heteroatoms. The molecule has 30 heavy (non-hydrogen) atoms. The summed E-state index contributed by atoms with van der Waals surface area (Å²) < 4.78 is 16.4. The van der Waals surface area contributed by atoms with Crippen LogP contribution < -0.4 is 14.4 Å². The van der Waals surface area contributed by atoms with Gasteiger partial charge >= 0.3 is 6.09 Å². The van der Waals surface area contributed by atoms with Crippen molar-refractivity contribution in [3.63, 3.8) is 0 Å². The molecule has 1 spiro atoms. The van der Waals surface area contributed by atoms with Gasteiger partial charge in [-0.3, -0.25) is 4.79 Å².